The van der Waals surface area contributed by atoms with Crippen molar-refractivity contribution >= 4 is 29.4 Å². The van der Waals surface area contributed by atoms with E-state index in [-0.39, 0.29) is 23.5 Å². The summed E-state index contributed by atoms with van der Waals surface area (Å²) in [6.07, 6.45) is 0.323. The Bertz CT molecular complexity index is 1240. The lowest BCUT2D eigenvalue weighted by molar-refractivity contribution is -0.137. The van der Waals surface area contributed by atoms with E-state index in [4.69, 9.17) is 5.73 Å². The number of aliphatic imine (C=N–C) groups is 1. The molecule has 1 aromatic heterocycles. The largest absolute Gasteiger partial charge is 0.418 e. The molecule has 0 saturated heterocycles. The smallest absolute Gasteiger partial charge is 0.404 e. The number of anilines is 2. The number of halogens is 5. The summed E-state index contributed by atoms with van der Waals surface area (Å²) in [6.45, 7) is 3.04. The van der Waals surface area contributed by atoms with Crippen LogP contribution in [0, 0.1) is 11.6 Å². The number of rotatable bonds is 9. The molecule has 5 N–H and O–H groups in total. The number of carbonyl (C=O) groups is 2. The van der Waals surface area contributed by atoms with Gasteiger partial charge in [-0.25, -0.2) is 8.78 Å². The summed E-state index contributed by atoms with van der Waals surface area (Å²) in [6, 6.07) is 2.92. The third-order valence-electron chi connectivity index (χ3n) is 5.20. The molecule has 0 unspecified atom stereocenters. The zero-order chi connectivity index (χ0) is 26.5. The van der Waals surface area contributed by atoms with Crippen LogP contribution in [0.2, 0.25) is 0 Å². The van der Waals surface area contributed by atoms with Crippen molar-refractivity contribution in [3.05, 3.63) is 77.9 Å². The Kier molecular flexibility index (Phi) is 7.71. The molecule has 0 aliphatic heterocycles. The number of carbonyl (C=O) groups excluding carboxylic acids is 2. The molecule has 1 aliphatic rings. The second-order valence-electron chi connectivity index (χ2n) is 7.77. The summed E-state index contributed by atoms with van der Waals surface area (Å²) >= 11 is 0. The lowest BCUT2D eigenvalue weighted by Gasteiger charge is -2.18. The standard InChI is InChI=1S/C23H21F5N6O2/c1-2-30-10-13(9-29)20(35)34-22(5-6-22)21(36)32-12-19-17(25)8-15(11-31-19)33-18-4-3-14(24)7-16(18)23(26,27)28/h2-4,7-11,33H,1,5-6,12,29H2,(H,32,36)(H,34,35)/b13-9+,30-10-. The maximum Gasteiger partial charge on any atom is 0.418 e. The molecular weight excluding hydrogens is 487 g/mol. The molecule has 190 valence electrons. The quantitative estimate of drug-likeness (QED) is 0.235. The molecule has 1 fully saturated rings. The highest BCUT2D eigenvalue weighted by Gasteiger charge is 2.51. The molecule has 1 aliphatic carbocycles. The van der Waals surface area contributed by atoms with Crippen molar-refractivity contribution in [2.45, 2.75) is 31.1 Å². The normalized spacial score (nSPS) is 14.9. The molecule has 3 rings (SSSR count). The van der Waals surface area contributed by atoms with Gasteiger partial charge < -0.3 is 21.7 Å². The van der Waals surface area contributed by atoms with Crippen molar-refractivity contribution in [2.75, 3.05) is 5.32 Å². The van der Waals surface area contributed by atoms with E-state index in [1.54, 1.807) is 0 Å². The van der Waals surface area contributed by atoms with Crippen LogP contribution in [0.1, 0.15) is 24.1 Å². The molecule has 13 heteroatoms. The minimum Gasteiger partial charge on any atom is -0.404 e. The van der Waals surface area contributed by atoms with E-state index in [1.165, 1.54) is 12.4 Å². The van der Waals surface area contributed by atoms with Crippen LogP contribution in [0.4, 0.5) is 33.3 Å². The number of alkyl halides is 3. The average molecular weight is 508 g/mol. The van der Waals surface area contributed by atoms with Crippen molar-refractivity contribution in [1.82, 2.24) is 15.6 Å². The number of hydrogen-bond acceptors (Lipinski definition) is 6. The second-order valence-corrected chi connectivity index (χ2v) is 7.77. The van der Waals surface area contributed by atoms with Gasteiger partial charge in [0, 0.05) is 24.7 Å². The molecular formula is C23H21F5N6O2. The molecule has 36 heavy (non-hydrogen) atoms. The molecule has 0 radical (unpaired) electrons. The Hall–Kier alpha value is -4.29. The van der Waals surface area contributed by atoms with Crippen molar-refractivity contribution in [1.29, 1.82) is 0 Å². The maximum absolute atomic E-state index is 14.5. The summed E-state index contributed by atoms with van der Waals surface area (Å²) in [5.41, 5.74) is 2.17. The highest BCUT2D eigenvalue weighted by atomic mass is 19.4. The fraction of sp³-hybridized carbons (Fsp3) is 0.217. The number of aromatic nitrogens is 1. The first-order chi connectivity index (χ1) is 17.0. The summed E-state index contributed by atoms with van der Waals surface area (Å²) < 4.78 is 67.3. The van der Waals surface area contributed by atoms with E-state index in [0.717, 1.165) is 30.6 Å². The Balaban J connectivity index is 1.65. The number of pyridine rings is 1. The van der Waals surface area contributed by atoms with Crippen molar-refractivity contribution in [3.63, 3.8) is 0 Å². The van der Waals surface area contributed by atoms with Crippen molar-refractivity contribution in [2.24, 2.45) is 10.7 Å². The van der Waals surface area contributed by atoms with Crippen LogP contribution in [-0.2, 0) is 22.3 Å². The first-order valence-corrected chi connectivity index (χ1v) is 10.4. The van der Waals surface area contributed by atoms with Gasteiger partial charge >= 0.3 is 6.18 Å². The van der Waals surface area contributed by atoms with Gasteiger partial charge in [0.25, 0.3) is 5.91 Å². The number of amides is 2. The lowest BCUT2D eigenvalue weighted by atomic mass is 10.1. The summed E-state index contributed by atoms with van der Waals surface area (Å²) in [5.74, 6) is -3.18. The van der Waals surface area contributed by atoms with Crippen LogP contribution in [0.15, 0.2) is 60.0 Å². The Morgan fingerprint density at radius 2 is 1.94 bits per heavy atom. The molecule has 2 amide bonds. The van der Waals surface area contributed by atoms with E-state index in [9.17, 15) is 31.5 Å². The molecule has 1 heterocycles. The van der Waals surface area contributed by atoms with Gasteiger partial charge in [-0.1, -0.05) is 6.58 Å². The topological polar surface area (TPSA) is 121 Å². The van der Waals surface area contributed by atoms with Crippen LogP contribution >= 0.6 is 0 Å². The average Bonchev–Trinajstić information content (AvgIpc) is 3.60. The van der Waals surface area contributed by atoms with E-state index >= 15 is 0 Å². The fourth-order valence-corrected chi connectivity index (χ4v) is 3.15. The van der Waals surface area contributed by atoms with Crippen LogP contribution in [-0.4, -0.2) is 28.6 Å². The SMILES string of the molecule is C=C/N=C\C(=C/N)C(=O)NC1(C(=O)NCc2ncc(Nc3ccc(F)cc3C(F)(F)F)cc2F)CC1. The highest BCUT2D eigenvalue weighted by Crippen LogP contribution is 2.37. The minimum absolute atomic E-state index is 0.0135. The van der Waals surface area contributed by atoms with Gasteiger partial charge in [-0.2, -0.15) is 13.2 Å². The molecule has 1 saturated carbocycles. The van der Waals surface area contributed by atoms with Gasteiger partial charge in [-0.15, -0.1) is 0 Å². The minimum atomic E-state index is -4.84. The predicted octanol–water partition coefficient (Wildman–Crippen LogP) is 3.44. The van der Waals surface area contributed by atoms with Gasteiger partial charge in [0.05, 0.1) is 40.9 Å². The van der Waals surface area contributed by atoms with E-state index in [0.29, 0.717) is 18.9 Å². The molecule has 1 aromatic carbocycles. The van der Waals surface area contributed by atoms with Gasteiger partial charge in [0.15, 0.2) is 0 Å². The van der Waals surface area contributed by atoms with E-state index in [1.807, 2.05) is 0 Å². The van der Waals surface area contributed by atoms with E-state index < -0.39 is 46.4 Å². The maximum atomic E-state index is 14.5. The third-order valence-corrected chi connectivity index (χ3v) is 5.20. The molecule has 2 aromatic rings. The first-order valence-electron chi connectivity index (χ1n) is 10.4. The highest BCUT2D eigenvalue weighted by molar-refractivity contribution is 6.13. The fourth-order valence-electron chi connectivity index (χ4n) is 3.15. The van der Waals surface area contributed by atoms with Crippen molar-refractivity contribution < 1.29 is 31.5 Å². The van der Waals surface area contributed by atoms with Crippen LogP contribution in [0.25, 0.3) is 0 Å². The van der Waals surface area contributed by atoms with Crippen LogP contribution < -0.4 is 21.7 Å². The van der Waals surface area contributed by atoms with E-state index in [2.05, 4.69) is 32.5 Å². The number of nitrogens with two attached hydrogens (primary N) is 1. The third kappa shape index (κ3) is 6.23. The molecule has 0 atom stereocenters. The Labute approximate surface area is 202 Å². The first kappa shape index (κ1) is 26.3. The summed E-state index contributed by atoms with van der Waals surface area (Å²) in [5, 5.41) is 7.42. The number of nitrogens with one attached hydrogen (secondary N) is 3. The van der Waals surface area contributed by atoms with Crippen LogP contribution in [0.5, 0.6) is 0 Å². The monoisotopic (exact) mass is 508 g/mol. The molecule has 8 nitrogen and oxygen atoms in total. The predicted molar refractivity (Wildman–Crippen MR) is 122 cm³/mol. The van der Waals surface area contributed by atoms with Crippen LogP contribution in [0.3, 0.4) is 0 Å². The second kappa shape index (κ2) is 10.5. The Morgan fingerprint density at radius 1 is 1.22 bits per heavy atom. The van der Waals surface area contributed by atoms with Gasteiger partial charge in [0.2, 0.25) is 5.91 Å². The van der Waals surface area contributed by atoms with Gasteiger partial charge in [-0.3, -0.25) is 19.6 Å². The molecule has 0 spiro atoms. The number of hydrogen-bond donors (Lipinski definition) is 4. The van der Waals surface area contributed by atoms with Gasteiger partial charge in [-0.05, 0) is 31.0 Å². The zero-order valence-electron chi connectivity index (χ0n) is 18.6. The zero-order valence-corrected chi connectivity index (χ0v) is 18.6. The van der Waals surface area contributed by atoms with Gasteiger partial charge in [0.1, 0.15) is 17.2 Å². The summed E-state index contributed by atoms with van der Waals surface area (Å²) in [4.78, 5) is 32.5. The van der Waals surface area contributed by atoms with Crippen molar-refractivity contribution in [3.8, 4) is 0 Å². The number of nitrogens with zero attached hydrogens (tertiary/aromatic N) is 2. The summed E-state index contributed by atoms with van der Waals surface area (Å²) in [7, 11) is 0. The lowest BCUT2D eigenvalue weighted by Crippen LogP contribution is -2.49. The molecule has 0 bridgehead atoms. The Morgan fingerprint density at radius 3 is 2.53 bits per heavy atom. The number of benzene rings is 1.